The third-order valence-electron chi connectivity index (χ3n) is 5.80. The largest absolute Gasteiger partial charge is 0.497 e. The van der Waals surface area contributed by atoms with Crippen molar-refractivity contribution in [3.63, 3.8) is 0 Å². The third kappa shape index (κ3) is 3.36. The average molecular weight is 476 g/mol. The Morgan fingerprint density at radius 1 is 1.18 bits per heavy atom. The molecule has 8 nitrogen and oxygen atoms in total. The third-order valence-corrected chi connectivity index (χ3v) is 6.85. The molecule has 1 aromatic heterocycles. The Kier molecular flexibility index (Phi) is 5.41. The summed E-state index contributed by atoms with van der Waals surface area (Å²) in [6.45, 7) is 3.63. The molecule has 1 amide bonds. The number of aromatic nitrogens is 1. The zero-order valence-corrected chi connectivity index (χ0v) is 19.6. The molecule has 3 heterocycles. The van der Waals surface area contributed by atoms with Crippen molar-refractivity contribution < 1.29 is 19.1 Å². The normalized spacial score (nSPS) is 18.1. The molecule has 0 saturated heterocycles. The molecular formula is C25H21N3O5S. The van der Waals surface area contributed by atoms with Crippen LogP contribution in [0.4, 0.5) is 5.69 Å². The Morgan fingerprint density at radius 2 is 1.97 bits per heavy atom. The Labute approximate surface area is 198 Å². The number of amides is 1. The zero-order valence-electron chi connectivity index (χ0n) is 18.7. The van der Waals surface area contributed by atoms with Crippen LogP contribution in [0.25, 0.3) is 5.57 Å². The molecule has 2 aromatic carbocycles. The van der Waals surface area contributed by atoms with Crippen LogP contribution in [0.3, 0.4) is 0 Å². The van der Waals surface area contributed by atoms with Crippen molar-refractivity contribution in [3.8, 4) is 5.75 Å². The Balaban J connectivity index is 1.82. The number of hydrogen-bond acceptors (Lipinski definition) is 7. The lowest BCUT2D eigenvalue weighted by molar-refractivity contribution is -0.139. The Bertz CT molecular complexity index is 1560. The molecule has 2 aliphatic rings. The van der Waals surface area contributed by atoms with E-state index in [4.69, 9.17) is 9.47 Å². The van der Waals surface area contributed by atoms with Crippen molar-refractivity contribution in [2.75, 3.05) is 19.0 Å². The molecule has 1 atom stereocenters. The lowest BCUT2D eigenvalue weighted by atomic mass is 9.95. The van der Waals surface area contributed by atoms with E-state index in [0.29, 0.717) is 38.6 Å². The van der Waals surface area contributed by atoms with E-state index in [1.807, 2.05) is 18.2 Å². The number of fused-ring (bicyclic) bond motifs is 2. The highest BCUT2D eigenvalue weighted by atomic mass is 32.1. The van der Waals surface area contributed by atoms with E-state index in [1.165, 1.54) is 4.57 Å². The number of carbonyl (C=O) groups is 2. The first-order chi connectivity index (χ1) is 16.4. The van der Waals surface area contributed by atoms with Gasteiger partial charge in [-0.2, -0.15) is 0 Å². The van der Waals surface area contributed by atoms with Crippen molar-refractivity contribution in [3.05, 3.63) is 90.6 Å². The molecule has 0 radical (unpaired) electrons. The second-order valence-electron chi connectivity index (χ2n) is 7.77. The summed E-state index contributed by atoms with van der Waals surface area (Å²) in [7, 11) is 1.55. The van der Waals surface area contributed by atoms with Crippen molar-refractivity contribution in [1.29, 1.82) is 0 Å². The number of carbonyl (C=O) groups excluding carboxylic acids is 2. The molecule has 3 aromatic rings. The first kappa shape index (κ1) is 21.8. The standard InChI is InChI=1S/C25H21N3O5S/c1-4-33-24(31)18-13(2)26-25-28(20(18)14-8-7-9-15(12-14)32-3)23(30)21(34-25)19-16-10-5-6-11-17(16)27-22(19)29/h5-12,20H,4H2,1-3H3,(H,27,29)/b21-19-/t20-/m1/s1. The highest BCUT2D eigenvalue weighted by Crippen LogP contribution is 2.33. The van der Waals surface area contributed by atoms with Gasteiger partial charge in [0.05, 0.1) is 36.6 Å². The van der Waals surface area contributed by atoms with Gasteiger partial charge in [-0.25, -0.2) is 9.79 Å². The van der Waals surface area contributed by atoms with Crippen LogP contribution in [0.15, 0.2) is 69.6 Å². The molecular weight excluding hydrogens is 454 g/mol. The maximum atomic E-state index is 13.8. The molecule has 0 saturated carbocycles. The van der Waals surface area contributed by atoms with Gasteiger partial charge in [0.25, 0.3) is 11.5 Å². The second-order valence-corrected chi connectivity index (χ2v) is 8.75. The molecule has 0 spiro atoms. The number of rotatable bonds is 4. The van der Waals surface area contributed by atoms with Crippen molar-refractivity contribution >= 4 is 34.5 Å². The summed E-state index contributed by atoms with van der Waals surface area (Å²) in [5.41, 5.74) is 2.63. The monoisotopic (exact) mass is 475 g/mol. The number of para-hydroxylation sites is 1. The SMILES string of the molecule is CCOC(=O)C1=C(C)N=c2s/c(=C3\C(=O)Nc4ccccc43)c(=O)n2[C@@H]1c1cccc(OC)c1. The van der Waals surface area contributed by atoms with Gasteiger partial charge in [-0.15, -0.1) is 0 Å². The van der Waals surface area contributed by atoms with E-state index in [9.17, 15) is 14.4 Å². The summed E-state index contributed by atoms with van der Waals surface area (Å²) < 4.78 is 12.4. The van der Waals surface area contributed by atoms with Gasteiger partial charge in [-0.1, -0.05) is 41.7 Å². The van der Waals surface area contributed by atoms with Crippen LogP contribution in [0, 0.1) is 0 Å². The molecule has 0 fully saturated rings. The minimum absolute atomic E-state index is 0.186. The summed E-state index contributed by atoms with van der Waals surface area (Å²) in [6, 6.07) is 13.6. The number of benzene rings is 2. The fraction of sp³-hybridized carbons (Fsp3) is 0.200. The van der Waals surface area contributed by atoms with Crippen LogP contribution in [0.1, 0.15) is 31.0 Å². The molecule has 2 aliphatic heterocycles. The number of hydrogen-bond donors (Lipinski definition) is 1. The van der Waals surface area contributed by atoms with Crippen LogP contribution in [-0.2, 0) is 14.3 Å². The van der Waals surface area contributed by atoms with Gasteiger partial charge in [0, 0.05) is 11.3 Å². The van der Waals surface area contributed by atoms with Gasteiger partial charge >= 0.3 is 5.97 Å². The first-order valence-electron chi connectivity index (χ1n) is 10.7. The number of ether oxygens (including phenoxy) is 2. The molecule has 1 N–H and O–H groups in total. The van der Waals surface area contributed by atoms with Gasteiger partial charge in [0.1, 0.15) is 10.3 Å². The predicted octanol–water partition coefficient (Wildman–Crippen LogP) is 2.13. The number of allylic oxidation sites excluding steroid dienone is 1. The van der Waals surface area contributed by atoms with Crippen molar-refractivity contribution in [2.45, 2.75) is 19.9 Å². The van der Waals surface area contributed by atoms with Gasteiger partial charge in [-0.05, 0) is 37.6 Å². The summed E-state index contributed by atoms with van der Waals surface area (Å²) >= 11 is 1.13. The summed E-state index contributed by atoms with van der Waals surface area (Å²) in [4.78, 5) is 44.6. The van der Waals surface area contributed by atoms with E-state index < -0.39 is 17.6 Å². The Morgan fingerprint density at radius 3 is 2.74 bits per heavy atom. The fourth-order valence-electron chi connectivity index (χ4n) is 4.31. The predicted molar refractivity (Wildman–Crippen MR) is 127 cm³/mol. The zero-order chi connectivity index (χ0) is 24.0. The second kappa shape index (κ2) is 8.42. The van der Waals surface area contributed by atoms with Gasteiger partial charge in [0.15, 0.2) is 4.80 Å². The van der Waals surface area contributed by atoms with Crippen LogP contribution in [0.2, 0.25) is 0 Å². The van der Waals surface area contributed by atoms with Gasteiger partial charge in [-0.3, -0.25) is 14.2 Å². The maximum Gasteiger partial charge on any atom is 0.338 e. The van der Waals surface area contributed by atoms with Crippen LogP contribution in [-0.4, -0.2) is 30.2 Å². The summed E-state index contributed by atoms with van der Waals surface area (Å²) in [5.74, 6) is -0.298. The quantitative estimate of drug-likeness (QED) is 0.583. The van der Waals surface area contributed by atoms with Gasteiger partial charge < -0.3 is 14.8 Å². The first-order valence-corrected chi connectivity index (χ1v) is 11.5. The Hall–Kier alpha value is -3.98. The number of nitrogens with one attached hydrogen (secondary N) is 1. The van der Waals surface area contributed by atoms with Crippen molar-refractivity contribution in [1.82, 2.24) is 4.57 Å². The minimum atomic E-state index is -0.778. The minimum Gasteiger partial charge on any atom is -0.497 e. The summed E-state index contributed by atoms with van der Waals surface area (Å²) in [5, 5.41) is 2.81. The average Bonchev–Trinajstić information content (AvgIpc) is 3.33. The molecule has 9 heteroatoms. The van der Waals surface area contributed by atoms with Crippen LogP contribution in [0.5, 0.6) is 5.75 Å². The van der Waals surface area contributed by atoms with Crippen LogP contribution < -0.4 is 24.9 Å². The van der Waals surface area contributed by atoms with Crippen LogP contribution >= 0.6 is 11.3 Å². The molecule has 0 aliphatic carbocycles. The number of methoxy groups -OCH3 is 1. The van der Waals surface area contributed by atoms with Gasteiger partial charge in [0.2, 0.25) is 0 Å². The van der Waals surface area contributed by atoms with Crippen molar-refractivity contribution in [2.24, 2.45) is 4.99 Å². The van der Waals surface area contributed by atoms with E-state index >= 15 is 0 Å². The highest BCUT2D eigenvalue weighted by molar-refractivity contribution is 7.07. The van der Waals surface area contributed by atoms with E-state index in [1.54, 1.807) is 51.3 Å². The fourth-order valence-corrected chi connectivity index (χ4v) is 5.45. The highest BCUT2D eigenvalue weighted by Gasteiger charge is 2.35. The number of thiazole rings is 1. The summed E-state index contributed by atoms with van der Waals surface area (Å²) in [6.07, 6.45) is 0. The molecule has 172 valence electrons. The molecule has 0 unspecified atom stereocenters. The number of nitrogens with zero attached hydrogens (tertiary/aromatic N) is 2. The number of anilines is 1. The topological polar surface area (TPSA) is 99.0 Å². The van der Waals surface area contributed by atoms with E-state index in [2.05, 4.69) is 10.3 Å². The molecule has 34 heavy (non-hydrogen) atoms. The lowest BCUT2D eigenvalue weighted by Crippen LogP contribution is -2.40. The number of esters is 1. The molecule has 5 rings (SSSR count). The van der Waals surface area contributed by atoms with E-state index in [0.717, 1.165) is 11.3 Å². The smallest absolute Gasteiger partial charge is 0.338 e. The molecule has 0 bridgehead atoms. The maximum absolute atomic E-state index is 13.8. The van der Waals surface area contributed by atoms with E-state index in [-0.39, 0.29) is 22.6 Å². The lowest BCUT2D eigenvalue weighted by Gasteiger charge is -2.25.